The first-order valence-electron chi connectivity index (χ1n) is 5.07. The average molecular weight is 235 g/mol. The predicted molar refractivity (Wildman–Crippen MR) is 59.6 cm³/mol. The highest BCUT2D eigenvalue weighted by Gasteiger charge is 2.21. The highest BCUT2D eigenvalue weighted by Crippen LogP contribution is 2.26. The number of hydrogen-bond acceptors (Lipinski definition) is 5. The molecule has 0 heterocycles. The maximum absolute atomic E-state index is 11.7. The van der Waals surface area contributed by atoms with Gasteiger partial charge in [0.2, 0.25) is 0 Å². The van der Waals surface area contributed by atoms with Gasteiger partial charge in [0.15, 0.2) is 0 Å². The van der Waals surface area contributed by atoms with Crippen LogP contribution in [-0.4, -0.2) is 24.8 Å². The fraction of sp³-hybridized carbons (Fsp3) is 0.333. The number of carbonyl (C=O) groups excluding carboxylic acids is 1. The number of aliphatic hydroxyl groups is 1. The van der Waals surface area contributed by atoms with Gasteiger partial charge in [0.25, 0.3) is 0 Å². The molecule has 0 aliphatic rings. The number of aliphatic hydroxyl groups excluding tert-OH is 1. The molecule has 1 N–H and O–H groups in total. The minimum Gasteiger partial charge on any atom is -0.496 e. The van der Waals surface area contributed by atoms with Crippen LogP contribution >= 0.6 is 0 Å². The van der Waals surface area contributed by atoms with E-state index < -0.39 is 12.6 Å². The van der Waals surface area contributed by atoms with E-state index in [0.717, 1.165) is 0 Å². The van der Waals surface area contributed by atoms with Crippen molar-refractivity contribution in [2.75, 3.05) is 13.7 Å². The summed E-state index contributed by atoms with van der Waals surface area (Å²) in [6.45, 7) is 1.47. The summed E-state index contributed by atoms with van der Waals surface area (Å²) < 4.78 is 9.91. The van der Waals surface area contributed by atoms with E-state index in [9.17, 15) is 9.90 Å². The molecule has 0 amide bonds. The zero-order chi connectivity index (χ0) is 12.8. The highest BCUT2D eigenvalue weighted by molar-refractivity contribution is 5.95. The Labute approximate surface area is 99.2 Å². The molecule has 0 aliphatic heterocycles. The molecule has 0 atom stereocenters. The number of hydrogen-bond donors (Lipinski definition) is 1. The van der Waals surface area contributed by atoms with Crippen molar-refractivity contribution in [2.45, 2.75) is 13.5 Å². The van der Waals surface area contributed by atoms with Gasteiger partial charge < -0.3 is 14.6 Å². The molecule has 0 saturated heterocycles. The highest BCUT2D eigenvalue weighted by atomic mass is 16.5. The van der Waals surface area contributed by atoms with Crippen LogP contribution in [0.15, 0.2) is 12.1 Å². The first kappa shape index (κ1) is 13.0. The van der Waals surface area contributed by atoms with Gasteiger partial charge in [-0.25, -0.2) is 4.79 Å². The van der Waals surface area contributed by atoms with Gasteiger partial charge in [0.05, 0.1) is 32.0 Å². The van der Waals surface area contributed by atoms with Crippen LogP contribution in [0.2, 0.25) is 0 Å². The van der Waals surface area contributed by atoms with E-state index in [4.69, 9.17) is 14.7 Å². The van der Waals surface area contributed by atoms with Crippen LogP contribution in [0.4, 0.5) is 0 Å². The maximum Gasteiger partial charge on any atom is 0.342 e. The van der Waals surface area contributed by atoms with E-state index in [1.165, 1.54) is 19.2 Å². The molecule has 0 fully saturated rings. The van der Waals surface area contributed by atoms with E-state index in [1.807, 2.05) is 6.07 Å². The molecule has 0 saturated carbocycles. The van der Waals surface area contributed by atoms with Gasteiger partial charge in [-0.05, 0) is 19.1 Å². The molecular weight excluding hydrogens is 222 g/mol. The number of nitriles is 1. The van der Waals surface area contributed by atoms with Crippen molar-refractivity contribution >= 4 is 5.97 Å². The molecule has 1 aromatic rings. The van der Waals surface area contributed by atoms with E-state index in [2.05, 4.69) is 0 Å². The van der Waals surface area contributed by atoms with Gasteiger partial charge in [0.1, 0.15) is 11.3 Å². The van der Waals surface area contributed by atoms with Gasteiger partial charge in [-0.15, -0.1) is 0 Å². The summed E-state index contributed by atoms with van der Waals surface area (Å²) in [6.07, 6.45) is 0. The molecule has 0 aromatic heterocycles. The summed E-state index contributed by atoms with van der Waals surface area (Å²) in [4.78, 5) is 11.7. The molecule has 0 bridgehead atoms. The Morgan fingerprint density at radius 2 is 2.24 bits per heavy atom. The molecular formula is C12H13NO4. The maximum atomic E-state index is 11.7. The second-order valence-electron chi connectivity index (χ2n) is 3.16. The lowest BCUT2D eigenvalue weighted by Gasteiger charge is -2.12. The lowest BCUT2D eigenvalue weighted by molar-refractivity contribution is 0.0519. The Hall–Kier alpha value is -2.06. The minimum absolute atomic E-state index is 0.107. The quantitative estimate of drug-likeness (QED) is 0.794. The third-order valence-corrected chi connectivity index (χ3v) is 2.25. The molecule has 0 spiro atoms. The molecule has 0 aliphatic carbocycles. The number of esters is 1. The SMILES string of the molecule is CCOC(=O)c1c(OC)ccc(C#N)c1CO. The number of rotatable bonds is 4. The summed E-state index contributed by atoms with van der Waals surface area (Å²) in [7, 11) is 1.41. The Morgan fingerprint density at radius 3 is 2.71 bits per heavy atom. The van der Waals surface area contributed by atoms with Crippen molar-refractivity contribution in [3.05, 3.63) is 28.8 Å². The standard InChI is InChI=1S/C12H13NO4/c1-3-17-12(15)11-9(7-14)8(6-13)4-5-10(11)16-2/h4-5,14H,3,7H2,1-2H3. The third-order valence-electron chi connectivity index (χ3n) is 2.25. The van der Waals surface area contributed by atoms with Crippen LogP contribution in [0.3, 0.4) is 0 Å². The van der Waals surface area contributed by atoms with Gasteiger partial charge in [0, 0.05) is 5.56 Å². The van der Waals surface area contributed by atoms with Crippen LogP contribution in [0, 0.1) is 11.3 Å². The van der Waals surface area contributed by atoms with Crippen molar-refractivity contribution in [1.29, 1.82) is 5.26 Å². The molecule has 1 rings (SSSR count). The fourth-order valence-electron chi connectivity index (χ4n) is 1.49. The lowest BCUT2D eigenvalue weighted by atomic mass is 10.0. The summed E-state index contributed by atoms with van der Waals surface area (Å²) in [5.41, 5.74) is 0.567. The zero-order valence-electron chi connectivity index (χ0n) is 9.69. The summed E-state index contributed by atoms with van der Waals surface area (Å²) >= 11 is 0. The van der Waals surface area contributed by atoms with Gasteiger partial charge in [-0.2, -0.15) is 5.26 Å². The van der Waals surface area contributed by atoms with Gasteiger partial charge >= 0.3 is 5.97 Å². The first-order chi connectivity index (χ1) is 8.19. The fourth-order valence-corrected chi connectivity index (χ4v) is 1.49. The van der Waals surface area contributed by atoms with Crippen LogP contribution in [-0.2, 0) is 11.3 Å². The Bertz CT molecular complexity index is 462. The minimum atomic E-state index is -0.606. The summed E-state index contributed by atoms with van der Waals surface area (Å²) in [5.74, 6) is -0.322. The van der Waals surface area contributed by atoms with Crippen LogP contribution < -0.4 is 4.74 Å². The van der Waals surface area contributed by atoms with E-state index in [-0.39, 0.29) is 29.0 Å². The number of ether oxygens (including phenoxy) is 2. The molecule has 17 heavy (non-hydrogen) atoms. The Balaban J connectivity index is 3.41. The largest absolute Gasteiger partial charge is 0.496 e. The van der Waals surface area contributed by atoms with E-state index in [1.54, 1.807) is 6.92 Å². The van der Waals surface area contributed by atoms with Gasteiger partial charge in [-0.1, -0.05) is 0 Å². The Morgan fingerprint density at radius 1 is 1.53 bits per heavy atom. The molecule has 1 aromatic carbocycles. The topological polar surface area (TPSA) is 79.5 Å². The number of carbonyl (C=O) groups is 1. The van der Waals surface area contributed by atoms with E-state index >= 15 is 0 Å². The predicted octanol–water partition coefficient (Wildman–Crippen LogP) is 1.24. The Kier molecular flexibility index (Phi) is 4.49. The second kappa shape index (κ2) is 5.87. The van der Waals surface area contributed by atoms with Crippen LogP contribution in [0.1, 0.15) is 28.4 Å². The third kappa shape index (κ3) is 2.55. The van der Waals surface area contributed by atoms with Crippen molar-refractivity contribution in [3.63, 3.8) is 0 Å². The smallest absolute Gasteiger partial charge is 0.342 e. The van der Waals surface area contributed by atoms with Crippen LogP contribution in [0.25, 0.3) is 0 Å². The van der Waals surface area contributed by atoms with Crippen molar-refractivity contribution in [1.82, 2.24) is 0 Å². The molecule has 0 radical (unpaired) electrons. The summed E-state index contributed by atoms with van der Waals surface area (Å²) in [6, 6.07) is 4.91. The second-order valence-corrected chi connectivity index (χ2v) is 3.16. The lowest BCUT2D eigenvalue weighted by Crippen LogP contribution is -2.11. The van der Waals surface area contributed by atoms with E-state index in [0.29, 0.717) is 0 Å². The first-order valence-corrected chi connectivity index (χ1v) is 5.07. The van der Waals surface area contributed by atoms with Crippen LogP contribution in [0.5, 0.6) is 5.75 Å². The molecule has 0 unspecified atom stereocenters. The molecule has 5 nitrogen and oxygen atoms in total. The number of methoxy groups -OCH3 is 1. The van der Waals surface area contributed by atoms with Crippen molar-refractivity contribution in [2.24, 2.45) is 0 Å². The zero-order valence-corrected chi connectivity index (χ0v) is 9.69. The average Bonchev–Trinajstić information content (AvgIpc) is 2.36. The van der Waals surface area contributed by atoms with Crippen molar-refractivity contribution < 1.29 is 19.4 Å². The normalized spacial score (nSPS) is 9.53. The number of benzene rings is 1. The van der Waals surface area contributed by atoms with Gasteiger partial charge in [-0.3, -0.25) is 0 Å². The molecule has 5 heteroatoms. The van der Waals surface area contributed by atoms with Crippen molar-refractivity contribution in [3.8, 4) is 11.8 Å². The monoisotopic (exact) mass is 235 g/mol. The summed E-state index contributed by atoms with van der Waals surface area (Å²) in [5, 5.41) is 18.1. The molecule has 90 valence electrons. The number of nitrogens with zero attached hydrogens (tertiary/aromatic N) is 1.